The summed E-state index contributed by atoms with van der Waals surface area (Å²) in [6.07, 6.45) is -4.83. The number of aliphatic hydroxyl groups is 2. The molecule has 0 bridgehead atoms. The number of ether oxygens (including phenoxy) is 1. The zero-order chi connectivity index (χ0) is 27.6. The van der Waals surface area contributed by atoms with Crippen LogP contribution in [0.4, 0.5) is 13.2 Å². The van der Waals surface area contributed by atoms with Crippen LogP contribution in [0.3, 0.4) is 0 Å². The molecule has 2 fully saturated rings. The Bertz CT molecular complexity index is 1240. The summed E-state index contributed by atoms with van der Waals surface area (Å²) in [7, 11) is 0. The fraction of sp³-hybridized carbons (Fsp3) is 0.476. The molecule has 4 heterocycles. The van der Waals surface area contributed by atoms with Gasteiger partial charge in [0.1, 0.15) is 17.8 Å². The van der Waals surface area contributed by atoms with Crippen LogP contribution in [0.2, 0.25) is 0 Å². The van der Waals surface area contributed by atoms with Gasteiger partial charge in [-0.05, 0) is 24.3 Å². The lowest BCUT2D eigenvalue weighted by molar-refractivity contribution is -0.274. The standard InChI is InChI=1S/C21H23F3N8O6/c22-21(23,24)38-10-3-1-9(2-4-10)16(35)28-12-8-32-18(26)27-11(7-31-13(33)5-6-14(31)34)15-19(32,20(12,36)37)30-17(25)29-15/h1-4,11-12,15,36-37H,5-8H2,(H2,26,27)(H,28,35)(H3,25,29,30)/t11-,12-,15-,19-/m0/s1. The van der Waals surface area contributed by atoms with Gasteiger partial charge in [0.05, 0.1) is 12.6 Å². The highest BCUT2D eigenvalue weighted by molar-refractivity contribution is 6.02. The molecule has 1 aromatic rings. The lowest BCUT2D eigenvalue weighted by Crippen LogP contribution is -2.78. The number of likely N-dealkylation sites (tertiary alicyclic amines) is 1. The molecular formula is C21H23F3N8O6. The van der Waals surface area contributed by atoms with E-state index in [1.54, 1.807) is 0 Å². The van der Waals surface area contributed by atoms with Gasteiger partial charge in [-0.2, -0.15) is 0 Å². The van der Waals surface area contributed by atoms with Gasteiger partial charge >= 0.3 is 6.36 Å². The van der Waals surface area contributed by atoms with Crippen molar-refractivity contribution < 1.29 is 42.5 Å². The molecule has 17 heteroatoms. The maximum Gasteiger partial charge on any atom is 0.573 e. The van der Waals surface area contributed by atoms with Crippen molar-refractivity contribution in [2.75, 3.05) is 13.1 Å². The zero-order valence-corrected chi connectivity index (χ0v) is 19.5. The Morgan fingerprint density at radius 3 is 2.39 bits per heavy atom. The van der Waals surface area contributed by atoms with Gasteiger partial charge in [-0.3, -0.25) is 19.3 Å². The molecular weight excluding hydrogens is 517 g/mol. The molecule has 204 valence electrons. The normalized spacial score (nSPS) is 29.9. The van der Waals surface area contributed by atoms with Crippen LogP contribution in [0.25, 0.3) is 0 Å². The summed E-state index contributed by atoms with van der Waals surface area (Å²) in [5, 5.41) is 28.0. The monoisotopic (exact) mass is 540 g/mol. The fourth-order valence-electron chi connectivity index (χ4n) is 5.30. The first-order chi connectivity index (χ1) is 17.7. The molecule has 0 unspecified atom stereocenters. The Labute approximate surface area is 212 Å². The van der Waals surface area contributed by atoms with Gasteiger partial charge in [-0.25, -0.2) is 9.98 Å². The summed E-state index contributed by atoms with van der Waals surface area (Å²) in [6, 6.07) is 0.473. The quantitative estimate of drug-likeness (QED) is 0.171. The highest BCUT2D eigenvalue weighted by atomic mass is 19.4. The van der Waals surface area contributed by atoms with Crippen LogP contribution in [0.1, 0.15) is 23.2 Å². The van der Waals surface area contributed by atoms with Crippen molar-refractivity contribution in [2.24, 2.45) is 21.5 Å². The van der Waals surface area contributed by atoms with Crippen molar-refractivity contribution >= 4 is 29.6 Å². The molecule has 1 spiro atoms. The number of benzene rings is 1. The molecule has 38 heavy (non-hydrogen) atoms. The molecule has 0 saturated carbocycles. The predicted molar refractivity (Wildman–Crippen MR) is 121 cm³/mol. The van der Waals surface area contributed by atoms with E-state index in [0.29, 0.717) is 0 Å². The minimum atomic E-state index is -4.91. The second kappa shape index (κ2) is 8.45. The number of aliphatic imine (C=N–C) groups is 2. The smallest absolute Gasteiger partial charge is 0.406 e. The molecule has 4 aliphatic heterocycles. The first-order valence-corrected chi connectivity index (χ1v) is 11.4. The fourth-order valence-corrected chi connectivity index (χ4v) is 5.30. The Morgan fingerprint density at radius 1 is 1.16 bits per heavy atom. The van der Waals surface area contributed by atoms with E-state index in [0.717, 1.165) is 29.2 Å². The number of nitrogens with zero attached hydrogens (tertiary/aromatic N) is 4. The van der Waals surface area contributed by atoms with E-state index in [-0.39, 0.29) is 43.4 Å². The van der Waals surface area contributed by atoms with Gasteiger partial charge in [0, 0.05) is 24.9 Å². The van der Waals surface area contributed by atoms with Crippen molar-refractivity contribution in [2.45, 2.75) is 48.8 Å². The van der Waals surface area contributed by atoms with E-state index in [9.17, 15) is 37.8 Å². The number of rotatable bonds is 5. The van der Waals surface area contributed by atoms with Gasteiger partial charge in [0.25, 0.3) is 5.91 Å². The van der Waals surface area contributed by atoms with Gasteiger partial charge in [0.15, 0.2) is 17.6 Å². The number of halogens is 3. The van der Waals surface area contributed by atoms with Crippen LogP contribution < -0.4 is 26.8 Å². The predicted octanol–water partition coefficient (Wildman–Crippen LogP) is -2.49. The number of carbonyl (C=O) groups excluding carboxylic acids is 3. The van der Waals surface area contributed by atoms with Crippen molar-refractivity contribution in [1.82, 2.24) is 20.4 Å². The maximum atomic E-state index is 12.9. The molecule has 3 amide bonds. The van der Waals surface area contributed by atoms with E-state index < -0.39 is 59.4 Å². The maximum absolute atomic E-state index is 12.9. The number of imide groups is 1. The summed E-state index contributed by atoms with van der Waals surface area (Å²) in [5.74, 6) is -5.35. The van der Waals surface area contributed by atoms with Crippen LogP contribution in [0.15, 0.2) is 34.3 Å². The largest absolute Gasteiger partial charge is 0.573 e. The molecule has 4 aliphatic rings. The average molecular weight is 540 g/mol. The number of alkyl halides is 3. The second-order valence-corrected chi connectivity index (χ2v) is 9.24. The van der Waals surface area contributed by atoms with Gasteiger partial charge in [0.2, 0.25) is 17.6 Å². The Kier molecular flexibility index (Phi) is 5.68. The third-order valence-electron chi connectivity index (χ3n) is 6.98. The van der Waals surface area contributed by atoms with E-state index in [4.69, 9.17) is 11.5 Å². The molecule has 4 atom stereocenters. The number of nitrogens with one attached hydrogen (secondary N) is 2. The Morgan fingerprint density at radius 2 is 1.79 bits per heavy atom. The highest BCUT2D eigenvalue weighted by Gasteiger charge is 2.73. The molecule has 8 N–H and O–H groups in total. The van der Waals surface area contributed by atoms with Crippen molar-refractivity contribution in [3.05, 3.63) is 29.8 Å². The highest BCUT2D eigenvalue weighted by Crippen LogP contribution is 2.45. The number of carbonyl (C=O) groups is 3. The molecule has 0 radical (unpaired) electrons. The van der Waals surface area contributed by atoms with Crippen molar-refractivity contribution in [3.8, 4) is 5.75 Å². The second-order valence-electron chi connectivity index (χ2n) is 9.24. The van der Waals surface area contributed by atoms with Crippen LogP contribution in [0, 0.1) is 0 Å². The average Bonchev–Trinajstić information content (AvgIpc) is 3.41. The summed E-state index contributed by atoms with van der Waals surface area (Å²) < 4.78 is 41.0. The minimum absolute atomic E-state index is 0.0394. The summed E-state index contributed by atoms with van der Waals surface area (Å²) in [6.45, 7) is -0.500. The van der Waals surface area contributed by atoms with E-state index in [2.05, 4.69) is 25.4 Å². The number of nitrogens with two attached hydrogens (primary N) is 2. The zero-order valence-electron chi connectivity index (χ0n) is 19.5. The Hall–Kier alpha value is -4.12. The van der Waals surface area contributed by atoms with Gasteiger partial charge in [-0.15, -0.1) is 13.2 Å². The summed E-state index contributed by atoms with van der Waals surface area (Å²) in [5.41, 5.74) is 10.1. The van der Waals surface area contributed by atoms with Gasteiger partial charge in [-0.1, -0.05) is 0 Å². The lowest BCUT2D eigenvalue weighted by Gasteiger charge is -2.49. The van der Waals surface area contributed by atoms with Crippen LogP contribution in [-0.4, -0.2) is 98.7 Å². The topological polar surface area (TPSA) is 208 Å². The van der Waals surface area contributed by atoms with Crippen LogP contribution >= 0.6 is 0 Å². The minimum Gasteiger partial charge on any atom is -0.406 e. The molecule has 14 nitrogen and oxygen atoms in total. The van der Waals surface area contributed by atoms with Crippen LogP contribution in [0.5, 0.6) is 5.75 Å². The number of amides is 3. The van der Waals surface area contributed by atoms with E-state index >= 15 is 0 Å². The van der Waals surface area contributed by atoms with E-state index in [1.807, 2.05) is 0 Å². The third-order valence-corrected chi connectivity index (χ3v) is 6.98. The SMILES string of the molecule is NC1=N[C@H]2[C@H](CN3C(=O)CCC3=O)N=C(N)N3C[C@H](NC(=O)c4ccc(OC(F)(F)F)cc4)C(O)(O)[C@]23N1. The Balaban J connectivity index is 1.39. The lowest BCUT2D eigenvalue weighted by atomic mass is 9.84. The number of hydrogen-bond acceptors (Lipinski definition) is 12. The molecule has 0 aliphatic carbocycles. The van der Waals surface area contributed by atoms with Crippen LogP contribution in [-0.2, 0) is 9.59 Å². The third kappa shape index (κ3) is 3.94. The first-order valence-electron chi connectivity index (χ1n) is 11.4. The molecule has 1 aromatic carbocycles. The summed E-state index contributed by atoms with van der Waals surface area (Å²) in [4.78, 5) is 48.1. The molecule has 2 saturated heterocycles. The van der Waals surface area contributed by atoms with Crippen molar-refractivity contribution in [3.63, 3.8) is 0 Å². The summed E-state index contributed by atoms with van der Waals surface area (Å²) >= 11 is 0. The first kappa shape index (κ1) is 25.5. The molecule has 0 aromatic heterocycles. The molecule has 5 rings (SSSR count). The number of guanidine groups is 2. The van der Waals surface area contributed by atoms with Gasteiger partial charge < -0.3 is 42.0 Å². The van der Waals surface area contributed by atoms with Crippen molar-refractivity contribution in [1.29, 1.82) is 0 Å². The number of hydrogen-bond donors (Lipinski definition) is 6. The van der Waals surface area contributed by atoms with E-state index in [1.165, 1.54) is 4.90 Å².